The molecule has 3 rings (SSSR count). The van der Waals surface area contributed by atoms with Crippen molar-refractivity contribution >= 4 is 28.6 Å². The average Bonchev–Trinajstić information content (AvgIpc) is 2.68. The first kappa shape index (κ1) is 12.0. The largest absolute Gasteiger partial charge is 0.369 e. The summed E-state index contributed by atoms with van der Waals surface area (Å²) in [6, 6.07) is 10.0. The fourth-order valence-corrected chi connectivity index (χ4v) is 2.24. The smallest absolute Gasteiger partial charge is 0.205 e. The van der Waals surface area contributed by atoms with Gasteiger partial charge in [0, 0.05) is 11.1 Å². The molecular formula is C14H11ClFN3. The molecule has 5 heteroatoms. The molecule has 2 N–H and O–H groups in total. The summed E-state index contributed by atoms with van der Waals surface area (Å²) in [5.41, 5.74) is 8.97. The van der Waals surface area contributed by atoms with Crippen molar-refractivity contribution in [3.63, 3.8) is 0 Å². The summed E-state index contributed by atoms with van der Waals surface area (Å²) in [5, 5.41) is 0.654. The number of aryl methyl sites for hydroxylation is 1. The second kappa shape index (κ2) is 4.24. The molecule has 0 saturated heterocycles. The van der Waals surface area contributed by atoms with Gasteiger partial charge in [0.15, 0.2) is 0 Å². The lowest BCUT2D eigenvalue weighted by Gasteiger charge is -2.08. The van der Waals surface area contributed by atoms with Gasteiger partial charge in [-0.05, 0) is 36.8 Å². The Hall–Kier alpha value is -2.07. The number of nitrogens with zero attached hydrogens (tertiary/aromatic N) is 2. The Morgan fingerprint density at radius 2 is 2.00 bits per heavy atom. The van der Waals surface area contributed by atoms with E-state index in [1.807, 2.05) is 25.1 Å². The van der Waals surface area contributed by atoms with Crippen LogP contribution < -0.4 is 5.73 Å². The molecule has 0 spiro atoms. The van der Waals surface area contributed by atoms with Crippen molar-refractivity contribution < 1.29 is 4.39 Å². The number of fused-ring (bicyclic) bond motifs is 1. The summed E-state index contributed by atoms with van der Waals surface area (Å²) in [4.78, 5) is 4.16. The Morgan fingerprint density at radius 1 is 1.21 bits per heavy atom. The van der Waals surface area contributed by atoms with Gasteiger partial charge in [-0.25, -0.2) is 9.37 Å². The summed E-state index contributed by atoms with van der Waals surface area (Å²) >= 11 is 6.12. The molecule has 0 atom stereocenters. The SMILES string of the molecule is Cc1ccc(-n2c(N)nc3cc(F)ccc32)cc1Cl. The fourth-order valence-electron chi connectivity index (χ4n) is 2.06. The number of nitrogen functional groups attached to an aromatic ring is 1. The maximum absolute atomic E-state index is 13.2. The highest BCUT2D eigenvalue weighted by Crippen LogP contribution is 2.26. The van der Waals surface area contributed by atoms with Gasteiger partial charge in [-0.2, -0.15) is 0 Å². The zero-order valence-corrected chi connectivity index (χ0v) is 10.9. The fraction of sp³-hybridized carbons (Fsp3) is 0.0714. The van der Waals surface area contributed by atoms with Gasteiger partial charge < -0.3 is 5.73 Å². The van der Waals surface area contributed by atoms with Gasteiger partial charge in [0.25, 0.3) is 0 Å². The molecule has 0 fully saturated rings. The molecule has 0 bridgehead atoms. The first-order valence-electron chi connectivity index (χ1n) is 5.76. The first-order chi connectivity index (χ1) is 9.06. The van der Waals surface area contributed by atoms with E-state index in [2.05, 4.69) is 4.98 Å². The van der Waals surface area contributed by atoms with Gasteiger partial charge in [-0.1, -0.05) is 17.7 Å². The summed E-state index contributed by atoms with van der Waals surface area (Å²) < 4.78 is 14.9. The Morgan fingerprint density at radius 3 is 2.74 bits per heavy atom. The predicted octanol–water partition coefficient (Wildman–Crippen LogP) is 3.71. The van der Waals surface area contributed by atoms with Crippen LogP contribution in [0.2, 0.25) is 5.02 Å². The molecule has 0 aliphatic heterocycles. The van der Waals surface area contributed by atoms with Crippen molar-refractivity contribution in [2.45, 2.75) is 6.92 Å². The zero-order chi connectivity index (χ0) is 13.6. The number of hydrogen-bond donors (Lipinski definition) is 1. The Bertz CT molecular complexity index is 780. The highest BCUT2D eigenvalue weighted by molar-refractivity contribution is 6.31. The van der Waals surface area contributed by atoms with Crippen LogP contribution in [0.15, 0.2) is 36.4 Å². The minimum Gasteiger partial charge on any atom is -0.369 e. The number of halogens is 2. The minimum atomic E-state index is -0.334. The van der Waals surface area contributed by atoms with E-state index in [-0.39, 0.29) is 5.82 Å². The van der Waals surface area contributed by atoms with Gasteiger partial charge in [-0.3, -0.25) is 4.57 Å². The van der Waals surface area contributed by atoms with Crippen LogP contribution in [-0.4, -0.2) is 9.55 Å². The maximum atomic E-state index is 13.2. The molecule has 3 aromatic rings. The molecule has 0 radical (unpaired) electrons. The van der Waals surface area contributed by atoms with Gasteiger partial charge in [-0.15, -0.1) is 0 Å². The highest BCUT2D eigenvalue weighted by Gasteiger charge is 2.11. The van der Waals surface area contributed by atoms with E-state index in [4.69, 9.17) is 17.3 Å². The first-order valence-corrected chi connectivity index (χ1v) is 6.14. The average molecular weight is 276 g/mol. The van der Waals surface area contributed by atoms with Gasteiger partial charge in [0.2, 0.25) is 5.95 Å². The molecule has 1 heterocycles. The molecule has 0 unspecified atom stereocenters. The minimum absolute atomic E-state index is 0.306. The summed E-state index contributed by atoms with van der Waals surface area (Å²) in [6.45, 7) is 1.93. The summed E-state index contributed by atoms with van der Waals surface area (Å²) in [7, 11) is 0. The number of aromatic nitrogens is 2. The number of anilines is 1. The number of rotatable bonds is 1. The molecule has 0 aliphatic carbocycles. The molecule has 0 amide bonds. The normalized spacial score (nSPS) is 11.1. The van der Waals surface area contributed by atoms with Crippen molar-refractivity contribution in [3.8, 4) is 5.69 Å². The van der Waals surface area contributed by atoms with Gasteiger partial charge in [0.05, 0.1) is 16.7 Å². The molecular weight excluding hydrogens is 265 g/mol. The monoisotopic (exact) mass is 275 g/mol. The molecule has 2 aromatic carbocycles. The third-order valence-electron chi connectivity index (χ3n) is 3.06. The highest BCUT2D eigenvalue weighted by atomic mass is 35.5. The quantitative estimate of drug-likeness (QED) is 0.736. The molecule has 96 valence electrons. The van der Waals surface area contributed by atoms with Gasteiger partial charge in [0.1, 0.15) is 5.82 Å². The van der Waals surface area contributed by atoms with E-state index >= 15 is 0 Å². The molecule has 0 aliphatic rings. The number of benzene rings is 2. The van der Waals surface area contributed by atoms with E-state index < -0.39 is 0 Å². The van der Waals surface area contributed by atoms with Crippen LogP contribution in [0.4, 0.5) is 10.3 Å². The predicted molar refractivity (Wildman–Crippen MR) is 75.2 cm³/mol. The van der Waals surface area contributed by atoms with E-state index in [9.17, 15) is 4.39 Å². The lowest BCUT2D eigenvalue weighted by molar-refractivity contribution is 0.629. The molecule has 19 heavy (non-hydrogen) atoms. The second-order valence-electron chi connectivity index (χ2n) is 4.37. The summed E-state index contributed by atoms with van der Waals surface area (Å²) in [5.74, 6) is -0.0281. The molecule has 1 aromatic heterocycles. The molecule has 3 nitrogen and oxygen atoms in total. The lowest BCUT2D eigenvalue weighted by atomic mass is 10.2. The number of nitrogens with two attached hydrogens (primary N) is 1. The van der Waals surface area contributed by atoms with Crippen molar-refractivity contribution in [1.82, 2.24) is 9.55 Å². The number of imidazole rings is 1. The van der Waals surface area contributed by atoms with Crippen LogP contribution in [0.25, 0.3) is 16.7 Å². The van der Waals surface area contributed by atoms with Crippen LogP contribution in [0, 0.1) is 12.7 Å². The van der Waals surface area contributed by atoms with Crippen molar-refractivity contribution in [3.05, 3.63) is 52.8 Å². The Kier molecular flexibility index (Phi) is 2.68. The third-order valence-corrected chi connectivity index (χ3v) is 3.46. The second-order valence-corrected chi connectivity index (χ2v) is 4.78. The number of hydrogen-bond acceptors (Lipinski definition) is 2. The zero-order valence-electron chi connectivity index (χ0n) is 10.2. The van der Waals surface area contributed by atoms with Crippen molar-refractivity contribution in [2.24, 2.45) is 0 Å². The lowest BCUT2D eigenvalue weighted by Crippen LogP contribution is -2.00. The van der Waals surface area contributed by atoms with Crippen LogP contribution >= 0.6 is 11.6 Å². The van der Waals surface area contributed by atoms with Crippen LogP contribution in [0.3, 0.4) is 0 Å². The Labute approximate surface area is 114 Å². The van der Waals surface area contributed by atoms with E-state index in [0.29, 0.717) is 16.5 Å². The summed E-state index contributed by atoms with van der Waals surface area (Å²) in [6.07, 6.45) is 0. The van der Waals surface area contributed by atoms with E-state index in [0.717, 1.165) is 16.8 Å². The van der Waals surface area contributed by atoms with Crippen LogP contribution in [0.1, 0.15) is 5.56 Å². The topological polar surface area (TPSA) is 43.8 Å². The molecule has 0 saturated carbocycles. The van der Waals surface area contributed by atoms with Gasteiger partial charge >= 0.3 is 0 Å². The van der Waals surface area contributed by atoms with Crippen molar-refractivity contribution in [1.29, 1.82) is 0 Å². The standard InChI is InChI=1S/C14H11ClFN3/c1-8-2-4-10(7-11(8)15)19-13-5-3-9(16)6-12(13)18-14(19)17/h2-7H,1H3,(H2,17,18). The van der Waals surface area contributed by atoms with E-state index in [1.54, 1.807) is 10.6 Å². The maximum Gasteiger partial charge on any atom is 0.205 e. The van der Waals surface area contributed by atoms with Crippen LogP contribution in [-0.2, 0) is 0 Å². The Balaban J connectivity index is 2.29. The van der Waals surface area contributed by atoms with Crippen molar-refractivity contribution in [2.75, 3.05) is 5.73 Å². The third kappa shape index (κ3) is 1.94. The van der Waals surface area contributed by atoms with E-state index in [1.165, 1.54) is 12.1 Å². The van der Waals surface area contributed by atoms with Crippen LogP contribution in [0.5, 0.6) is 0 Å².